The summed E-state index contributed by atoms with van der Waals surface area (Å²) in [5.74, 6) is 0. The summed E-state index contributed by atoms with van der Waals surface area (Å²) in [7, 11) is 0. The van der Waals surface area contributed by atoms with Gasteiger partial charge in [-0.3, -0.25) is 0 Å². The SMILES string of the molecule is CCCCCCCCCCC1(CCCCCCCCCC)c2ccccc2-c2ccc(-n3c4ccccc4c4ccc(-c5ccc(N(c6ccc(C)cc6)c6ccc(-c7ccc8c(c7)C(CCCCCCCC)(CCCCCCCC)c7cc(C)ccc7-8)cc6)cc5)cc43)cc21. The molecule has 2 nitrogen and oxygen atoms in total. The molecule has 0 fully saturated rings. The van der Waals surface area contributed by atoms with Crippen LogP contribution in [0.15, 0.2) is 194 Å². The highest BCUT2D eigenvalue weighted by atomic mass is 15.1. The molecule has 0 spiro atoms. The molecule has 0 bridgehead atoms. The summed E-state index contributed by atoms with van der Waals surface area (Å²) >= 11 is 0. The van der Waals surface area contributed by atoms with Gasteiger partial charge in [-0.05, 0) is 173 Å². The van der Waals surface area contributed by atoms with Crippen LogP contribution in [-0.4, -0.2) is 4.57 Å². The summed E-state index contributed by atoms with van der Waals surface area (Å²) in [6, 6.07) is 76.2. The fourth-order valence-electron chi connectivity index (χ4n) is 17.4. The Bertz CT molecular complexity index is 4060. The molecule has 0 unspecified atom stereocenters. The molecule has 9 aromatic carbocycles. The van der Waals surface area contributed by atoms with Crippen LogP contribution < -0.4 is 4.90 Å². The van der Waals surface area contributed by atoms with Crippen LogP contribution in [0, 0.1) is 13.8 Å². The lowest BCUT2D eigenvalue weighted by molar-refractivity contribution is 0.397. The molecule has 0 saturated heterocycles. The van der Waals surface area contributed by atoms with Crippen molar-refractivity contribution in [2.75, 3.05) is 4.90 Å². The van der Waals surface area contributed by atoms with Crippen molar-refractivity contribution in [3.8, 4) is 50.2 Å². The highest BCUT2D eigenvalue weighted by Crippen LogP contribution is 2.57. The van der Waals surface area contributed by atoms with E-state index in [2.05, 4.69) is 245 Å². The van der Waals surface area contributed by atoms with Crippen LogP contribution in [0.25, 0.3) is 72.0 Å². The van der Waals surface area contributed by atoms with Gasteiger partial charge in [0.1, 0.15) is 0 Å². The van der Waals surface area contributed by atoms with Gasteiger partial charge in [-0.25, -0.2) is 0 Å². The number of fused-ring (bicyclic) bond motifs is 9. The van der Waals surface area contributed by atoms with Gasteiger partial charge < -0.3 is 9.47 Å². The number of hydrogen-bond acceptors (Lipinski definition) is 1. The van der Waals surface area contributed by atoms with Gasteiger partial charge in [0.25, 0.3) is 0 Å². The van der Waals surface area contributed by atoms with E-state index in [1.165, 1.54) is 289 Å². The molecule has 1 aromatic heterocycles. The lowest BCUT2D eigenvalue weighted by Gasteiger charge is -2.33. The minimum absolute atomic E-state index is 0.00856. The molecule has 0 atom stereocenters. The Morgan fingerprint density at radius 1 is 0.271 bits per heavy atom. The molecule has 0 saturated carbocycles. The van der Waals surface area contributed by atoms with E-state index in [9.17, 15) is 0 Å². The van der Waals surface area contributed by atoms with Crippen molar-refractivity contribution in [2.45, 2.75) is 258 Å². The van der Waals surface area contributed by atoms with Crippen LogP contribution in [0.5, 0.6) is 0 Å². The second-order valence-corrected chi connectivity index (χ2v) is 29.6. The largest absolute Gasteiger partial charge is 0.311 e. The Balaban J connectivity index is 0.851. The summed E-state index contributed by atoms with van der Waals surface area (Å²) < 4.78 is 2.60. The second-order valence-electron chi connectivity index (χ2n) is 29.6. The summed E-state index contributed by atoms with van der Waals surface area (Å²) in [6.45, 7) is 13.8. The molecular weight excluding hydrogens is 1160 g/mol. The smallest absolute Gasteiger partial charge is 0.0547 e. The fourth-order valence-corrected chi connectivity index (χ4v) is 17.4. The Hall–Kier alpha value is -7.42. The number of unbranched alkanes of at least 4 members (excludes halogenated alkanes) is 24. The van der Waals surface area contributed by atoms with E-state index >= 15 is 0 Å². The molecule has 12 rings (SSSR count). The van der Waals surface area contributed by atoms with Crippen LogP contribution in [0.1, 0.15) is 267 Å². The molecule has 2 heteroatoms. The Morgan fingerprint density at radius 2 is 0.635 bits per heavy atom. The predicted octanol–water partition coefficient (Wildman–Crippen LogP) is 29.3. The van der Waals surface area contributed by atoms with Gasteiger partial charge in [0.05, 0.1) is 11.0 Å². The van der Waals surface area contributed by atoms with Crippen molar-refractivity contribution in [3.05, 3.63) is 228 Å². The first-order chi connectivity index (χ1) is 47.3. The monoisotopic (exact) mass is 1270 g/mol. The molecule has 96 heavy (non-hydrogen) atoms. The number of aromatic nitrogens is 1. The molecule has 0 amide bonds. The first-order valence-corrected chi connectivity index (χ1v) is 38.9. The summed E-state index contributed by atoms with van der Waals surface area (Å²) in [5.41, 5.74) is 27.1. The zero-order chi connectivity index (χ0) is 66.1. The average Bonchev–Trinajstić information content (AvgIpc) is 1.56. The van der Waals surface area contributed by atoms with Crippen LogP contribution in [-0.2, 0) is 10.8 Å². The third-order valence-electron chi connectivity index (χ3n) is 22.7. The second kappa shape index (κ2) is 33.2. The van der Waals surface area contributed by atoms with Crippen molar-refractivity contribution < 1.29 is 0 Å². The summed E-state index contributed by atoms with van der Waals surface area (Å²) in [5, 5.41) is 2.60. The van der Waals surface area contributed by atoms with Gasteiger partial charge in [0.2, 0.25) is 0 Å². The van der Waals surface area contributed by atoms with E-state index in [4.69, 9.17) is 0 Å². The number of para-hydroxylation sites is 1. The topological polar surface area (TPSA) is 8.17 Å². The maximum atomic E-state index is 2.65. The van der Waals surface area contributed by atoms with Crippen LogP contribution in [0.4, 0.5) is 17.1 Å². The van der Waals surface area contributed by atoms with Crippen LogP contribution in [0.2, 0.25) is 0 Å². The molecule has 0 radical (unpaired) electrons. The molecule has 10 aromatic rings. The third kappa shape index (κ3) is 15.2. The Morgan fingerprint density at radius 3 is 1.17 bits per heavy atom. The van der Waals surface area contributed by atoms with E-state index in [1.54, 1.807) is 22.3 Å². The lowest BCUT2D eigenvalue weighted by Crippen LogP contribution is -2.25. The van der Waals surface area contributed by atoms with Crippen molar-refractivity contribution in [3.63, 3.8) is 0 Å². The first kappa shape index (κ1) is 68.5. The standard InChI is InChI=1S/C94H114N2/c1-7-11-15-19-23-25-29-35-63-93(64-36-30-26-24-20-16-12-8-2)87-41-33-31-39-81(87)84-62-58-80(70-90(84)93)96-91-42-34-32-40-85(91)86-61-51-76(69-92(86)96)74-48-56-79(57-49-74)95(77-52-43-71(5)44-53-77)78-54-46-73(47-55-78)75-50-60-83-82-59-45-72(6)67-88(82)94(89(83)68-75,65-37-27-21-17-13-9-3)66-38-28-22-18-14-10-4/h31-34,39-62,67-70H,7-30,35-38,63-66H2,1-6H3. The van der Waals surface area contributed by atoms with E-state index in [0.717, 1.165) is 17.1 Å². The molecule has 2 aliphatic rings. The summed E-state index contributed by atoms with van der Waals surface area (Å²) in [4.78, 5) is 2.44. The molecule has 1 heterocycles. The van der Waals surface area contributed by atoms with E-state index in [-0.39, 0.29) is 10.8 Å². The van der Waals surface area contributed by atoms with Gasteiger partial charge in [-0.2, -0.15) is 0 Å². The zero-order valence-corrected chi connectivity index (χ0v) is 60.0. The van der Waals surface area contributed by atoms with E-state index < -0.39 is 0 Å². The van der Waals surface area contributed by atoms with Crippen LogP contribution in [0.3, 0.4) is 0 Å². The maximum absolute atomic E-state index is 2.65. The number of aryl methyl sites for hydroxylation is 2. The number of nitrogens with zero attached hydrogens (tertiary/aromatic N) is 2. The highest BCUT2D eigenvalue weighted by molar-refractivity contribution is 6.10. The minimum Gasteiger partial charge on any atom is -0.311 e. The quantitative estimate of drug-likeness (QED) is 0.0350. The van der Waals surface area contributed by atoms with E-state index in [0.29, 0.717) is 0 Å². The van der Waals surface area contributed by atoms with Crippen molar-refractivity contribution in [2.24, 2.45) is 0 Å². The summed E-state index contributed by atoms with van der Waals surface area (Å²) in [6.07, 6.45) is 42.4. The van der Waals surface area contributed by atoms with Gasteiger partial charge in [0, 0.05) is 44.4 Å². The number of hydrogen-bond donors (Lipinski definition) is 0. The molecular formula is C94H114N2. The van der Waals surface area contributed by atoms with Crippen molar-refractivity contribution in [1.29, 1.82) is 0 Å². The van der Waals surface area contributed by atoms with Gasteiger partial charge in [0.15, 0.2) is 0 Å². The number of anilines is 3. The lowest BCUT2D eigenvalue weighted by atomic mass is 9.70. The number of benzene rings is 9. The molecule has 2 aliphatic carbocycles. The average molecular weight is 1270 g/mol. The molecule has 500 valence electrons. The fraction of sp³-hybridized carbons (Fsp3) is 0.426. The maximum Gasteiger partial charge on any atom is 0.0547 e. The van der Waals surface area contributed by atoms with Gasteiger partial charge in [-0.15, -0.1) is 0 Å². The predicted molar refractivity (Wildman–Crippen MR) is 419 cm³/mol. The highest BCUT2D eigenvalue weighted by Gasteiger charge is 2.44. The van der Waals surface area contributed by atoms with Crippen LogP contribution >= 0.6 is 0 Å². The Labute approximate surface area is 580 Å². The zero-order valence-electron chi connectivity index (χ0n) is 60.0. The normalized spacial score (nSPS) is 13.4. The van der Waals surface area contributed by atoms with Crippen molar-refractivity contribution in [1.82, 2.24) is 4.57 Å². The van der Waals surface area contributed by atoms with E-state index in [1.807, 2.05) is 0 Å². The van der Waals surface area contributed by atoms with Gasteiger partial charge in [-0.1, -0.05) is 346 Å². The third-order valence-corrected chi connectivity index (χ3v) is 22.7. The van der Waals surface area contributed by atoms with Gasteiger partial charge >= 0.3 is 0 Å². The van der Waals surface area contributed by atoms with Crippen molar-refractivity contribution >= 4 is 38.9 Å². The first-order valence-electron chi connectivity index (χ1n) is 38.9. The molecule has 0 aliphatic heterocycles. The Kier molecular flexibility index (Phi) is 23.7. The minimum atomic E-state index is 0.00856. The number of rotatable bonds is 38. The molecule has 0 N–H and O–H groups in total.